The van der Waals surface area contributed by atoms with Crippen molar-refractivity contribution in [3.63, 3.8) is 0 Å². The van der Waals surface area contributed by atoms with Crippen LogP contribution in [0.4, 0.5) is 0 Å². The van der Waals surface area contributed by atoms with E-state index in [0.717, 1.165) is 0 Å². The van der Waals surface area contributed by atoms with Crippen LogP contribution < -0.4 is 0 Å². The summed E-state index contributed by atoms with van der Waals surface area (Å²) in [7, 11) is 3.16. The van der Waals surface area contributed by atoms with Crippen LogP contribution in [-0.2, 0) is 4.43 Å². The van der Waals surface area contributed by atoms with E-state index in [0.29, 0.717) is 5.92 Å². The summed E-state index contributed by atoms with van der Waals surface area (Å²) in [6.45, 7) is 10.3. The van der Waals surface area contributed by atoms with Gasteiger partial charge in [-0.2, -0.15) is 0 Å². The summed E-state index contributed by atoms with van der Waals surface area (Å²) in [5.41, 5.74) is -0.0558. The maximum Gasteiger partial charge on any atom is 0.246 e. The summed E-state index contributed by atoms with van der Waals surface area (Å²) in [6, 6.07) is 0. The van der Waals surface area contributed by atoms with Gasteiger partial charge in [-0.05, 0) is 39.0 Å². The van der Waals surface area contributed by atoms with Crippen LogP contribution in [0.1, 0.15) is 65.7 Å². The molecule has 0 aliphatic rings. The molecule has 0 aliphatic carbocycles. The van der Waals surface area contributed by atoms with Gasteiger partial charge in [-0.15, -0.1) is 6.58 Å². The molecule has 2 heteroatoms. The van der Waals surface area contributed by atoms with Crippen molar-refractivity contribution in [3.8, 4) is 0 Å². The third kappa shape index (κ3) is 7.23. The highest BCUT2D eigenvalue weighted by atomic mass is 28.2. The minimum absolute atomic E-state index is 0.0558. The third-order valence-electron chi connectivity index (χ3n) is 3.50. The lowest BCUT2D eigenvalue weighted by molar-refractivity contribution is 0.0562. The molecule has 3 radical (unpaired) electrons. The molecule has 1 atom stereocenters. The van der Waals surface area contributed by atoms with Crippen molar-refractivity contribution in [3.05, 3.63) is 12.7 Å². The second-order valence-electron chi connectivity index (χ2n) is 5.24. The Labute approximate surface area is 105 Å². The number of hydrogen-bond acceptors (Lipinski definition) is 1. The molecule has 16 heavy (non-hydrogen) atoms. The number of rotatable bonds is 10. The van der Waals surface area contributed by atoms with E-state index >= 15 is 0 Å². The van der Waals surface area contributed by atoms with Crippen LogP contribution in [0.25, 0.3) is 0 Å². The second-order valence-corrected chi connectivity index (χ2v) is 5.44. The zero-order valence-electron chi connectivity index (χ0n) is 11.2. The van der Waals surface area contributed by atoms with Crippen molar-refractivity contribution in [1.29, 1.82) is 0 Å². The second kappa shape index (κ2) is 9.00. The highest BCUT2D eigenvalue weighted by Gasteiger charge is 2.23. The highest BCUT2D eigenvalue weighted by molar-refractivity contribution is 5.98. The lowest BCUT2D eigenvalue weighted by Gasteiger charge is -2.30. The Kier molecular flexibility index (Phi) is 8.95. The Morgan fingerprint density at radius 2 is 1.75 bits per heavy atom. The van der Waals surface area contributed by atoms with Crippen molar-refractivity contribution in [2.75, 3.05) is 0 Å². The fraction of sp³-hybridized carbons (Fsp3) is 0.857. The van der Waals surface area contributed by atoms with Crippen molar-refractivity contribution in [2.24, 2.45) is 5.92 Å². The van der Waals surface area contributed by atoms with Crippen LogP contribution >= 0.6 is 0 Å². The molecule has 1 unspecified atom stereocenters. The van der Waals surface area contributed by atoms with Crippen molar-refractivity contribution >= 4 is 10.5 Å². The molecule has 0 rings (SSSR count). The van der Waals surface area contributed by atoms with Gasteiger partial charge >= 0.3 is 0 Å². The predicted molar refractivity (Wildman–Crippen MR) is 72.6 cm³/mol. The van der Waals surface area contributed by atoms with E-state index in [-0.39, 0.29) is 5.60 Å². The fourth-order valence-corrected chi connectivity index (χ4v) is 1.92. The Balaban J connectivity index is 3.41. The molecule has 0 saturated heterocycles. The first kappa shape index (κ1) is 15.9. The van der Waals surface area contributed by atoms with Gasteiger partial charge in [0, 0.05) is 0 Å². The summed E-state index contributed by atoms with van der Waals surface area (Å²) in [5.74, 6) is 0.596. The lowest BCUT2D eigenvalue weighted by atomic mass is 9.88. The third-order valence-corrected chi connectivity index (χ3v) is 4.02. The zero-order valence-corrected chi connectivity index (χ0v) is 12.2. The van der Waals surface area contributed by atoms with E-state index in [1.54, 1.807) is 0 Å². The minimum Gasteiger partial charge on any atom is -0.413 e. The Bertz CT molecular complexity index is 178. The maximum absolute atomic E-state index is 5.30. The monoisotopic (exact) mass is 239 g/mol. The van der Waals surface area contributed by atoms with Gasteiger partial charge in [0.25, 0.3) is 0 Å². The molecular weight excluding hydrogens is 212 g/mol. The van der Waals surface area contributed by atoms with E-state index in [1.807, 2.05) is 6.08 Å². The molecule has 0 amide bonds. The molecule has 93 valence electrons. The van der Waals surface area contributed by atoms with E-state index < -0.39 is 0 Å². The van der Waals surface area contributed by atoms with Gasteiger partial charge in [-0.25, -0.2) is 0 Å². The summed E-state index contributed by atoms with van der Waals surface area (Å²) < 4.78 is 5.30. The van der Waals surface area contributed by atoms with Crippen LogP contribution in [-0.4, -0.2) is 16.1 Å². The van der Waals surface area contributed by atoms with Gasteiger partial charge in [-0.1, -0.05) is 38.7 Å². The molecule has 0 aromatic rings. The van der Waals surface area contributed by atoms with Crippen LogP contribution in [0.2, 0.25) is 0 Å². The number of unbranched alkanes of at least 4 members (excludes halogenated alkanes) is 5. The normalized spacial score (nSPS) is 13.8. The zero-order chi connectivity index (χ0) is 12.4. The summed E-state index contributed by atoms with van der Waals surface area (Å²) in [6.07, 6.45) is 11.1. The average Bonchev–Trinajstić information content (AvgIpc) is 2.27. The molecule has 1 nitrogen and oxygen atoms in total. The van der Waals surface area contributed by atoms with Crippen LogP contribution in [0.15, 0.2) is 12.7 Å². The van der Waals surface area contributed by atoms with Gasteiger partial charge in [0.15, 0.2) is 0 Å². The van der Waals surface area contributed by atoms with Crippen molar-refractivity contribution < 1.29 is 4.43 Å². The smallest absolute Gasteiger partial charge is 0.246 e. The minimum atomic E-state index is -0.0558. The highest BCUT2D eigenvalue weighted by Crippen LogP contribution is 2.25. The fourth-order valence-electron chi connectivity index (χ4n) is 1.72. The summed E-state index contributed by atoms with van der Waals surface area (Å²) in [5, 5.41) is 0. The Morgan fingerprint density at radius 3 is 2.31 bits per heavy atom. The molecule has 0 bridgehead atoms. The molecule has 0 spiro atoms. The molecule has 0 aliphatic heterocycles. The first-order valence-electron chi connectivity index (χ1n) is 6.50. The largest absolute Gasteiger partial charge is 0.413 e. The van der Waals surface area contributed by atoms with Gasteiger partial charge in [-0.3, -0.25) is 0 Å². The summed E-state index contributed by atoms with van der Waals surface area (Å²) >= 11 is 0. The standard InChI is InChI=1S/C14H27OSi/c1-5-6-7-8-9-10-11-12-13(2)14(3,4)15-16/h5,13H,1,6-12H2,2-4H3. The molecule has 0 aromatic heterocycles. The molecular formula is C14H27OSi. The number of hydrogen-bond donors (Lipinski definition) is 0. The van der Waals surface area contributed by atoms with Crippen LogP contribution in [0.5, 0.6) is 0 Å². The van der Waals surface area contributed by atoms with Crippen LogP contribution in [0.3, 0.4) is 0 Å². The summed E-state index contributed by atoms with van der Waals surface area (Å²) in [4.78, 5) is 0. The van der Waals surface area contributed by atoms with Gasteiger partial charge in [0.05, 0.1) is 5.60 Å². The van der Waals surface area contributed by atoms with Crippen LogP contribution in [0, 0.1) is 5.92 Å². The first-order chi connectivity index (χ1) is 7.54. The average molecular weight is 239 g/mol. The van der Waals surface area contributed by atoms with Gasteiger partial charge in [0.1, 0.15) is 0 Å². The molecule has 0 N–H and O–H groups in total. The Hall–Kier alpha value is -0.0831. The van der Waals surface area contributed by atoms with E-state index in [9.17, 15) is 0 Å². The van der Waals surface area contributed by atoms with E-state index in [2.05, 4.69) is 37.8 Å². The topological polar surface area (TPSA) is 9.23 Å². The molecule has 0 aromatic carbocycles. The molecule has 0 heterocycles. The SMILES string of the molecule is C=CCCCCCCCC(C)C(C)(C)O[Si]. The van der Waals surface area contributed by atoms with Gasteiger partial charge < -0.3 is 4.43 Å². The van der Waals surface area contributed by atoms with Crippen molar-refractivity contribution in [2.45, 2.75) is 71.3 Å². The van der Waals surface area contributed by atoms with Gasteiger partial charge in [0.2, 0.25) is 10.5 Å². The maximum atomic E-state index is 5.30. The quantitative estimate of drug-likeness (QED) is 0.311. The predicted octanol–water partition coefficient (Wildman–Crippen LogP) is 4.42. The molecule has 0 fully saturated rings. The lowest BCUT2D eigenvalue weighted by Crippen LogP contribution is -2.31. The number of allylic oxidation sites excluding steroid dienone is 1. The Morgan fingerprint density at radius 1 is 1.19 bits per heavy atom. The first-order valence-corrected chi connectivity index (χ1v) is 6.91. The van der Waals surface area contributed by atoms with E-state index in [4.69, 9.17) is 4.43 Å². The molecule has 0 saturated carbocycles. The van der Waals surface area contributed by atoms with Crippen molar-refractivity contribution in [1.82, 2.24) is 0 Å². The van der Waals surface area contributed by atoms with E-state index in [1.165, 1.54) is 44.9 Å².